The molecule has 9 aromatic rings. The first-order valence-electron chi connectivity index (χ1n) is 31.1. The zero-order valence-electron chi connectivity index (χ0n) is 57.1. The van der Waals surface area contributed by atoms with E-state index in [0.717, 1.165) is 30.6 Å². The maximum Gasteiger partial charge on any atom is 3.00 e. The smallest absolute Gasteiger partial charge is 0.500 e. The van der Waals surface area contributed by atoms with E-state index in [-0.39, 0.29) is 75.8 Å². The molecule has 0 bridgehead atoms. The average molecular weight is 1010 g/mol. The zero-order valence-corrected chi connectivity index (χ0v) is 34.5. The van der Waals surface area contributed by atoms with Gasteiger partial charge >= 0.3 is 20.1 Å². The molecular weight excluding hydrogens is 937 g/mol. The monoisotopic (exact) mass is 1010 g/mol. The molecule has 0 unspecified atom stereocenters. The van der Waals surface area contributed by atoms with E-state index in [4.69, 9.17) is 22.2 Å². The van der Waals surface area contributed by atoms with Crippen molar-refractivity contribution in [1.82, 2.24) is 15.0 Å². The molecule has 0 radical (unpaired) electrons. The second-order valence-corrected chi connectivity index (χ2v) is 13.5. The summed E-state index contributed by atoms with van der Waals surface area (Å²) in [6, 6.07) is 31.1. The summed E-state index contributed by atoms with van der Waals surface area (Å²) in [7, 11) is 0. The van der Waals surface area contributed by atoms with Gasteiger partial charge in [-0.2, -0.15) is 5.26 Å². The molecule has 6 heteroatoms. The molecule has 5 aromatic carbocycles. The van der Waals surface area contributed by atoms with Crippen molar-refractivity contribution in [1.29, 1.82) is 5.26 Å². The summed E-state index contributed by atoms with van der Waals surface area (Å²) in [6.07, 6.45) is -19.5. The predicted molar refractivity (Wildman–Crippen MR) is 245 cm³/mol. The minimum Gasteiger partial charge on any atom is -0.500 e. The van der Waals surface area contributed by atoms with Gasteiger partial charge in [0.05, 0.1) is 18.6 Å². The molecular formula is C56H45IrN4O. The molecule has 0 spiro atoms. The Morgan fingerprint density at radius 3 is 1.60 bits per heavy atom. The molecule has 0 N–H and O–H groups in total. The van der Waals surface area contributed by atoms with Crippen molar-refractivity contribution in [2.75, 3.05) is 0 Å². The number of nitriles is 1. The number of aromatic nitrogens is 3. The summed E-state index contributed by atoms with van der Waals surface area (Å²) in [5.74, 6) is 0. The second kappa shape index (κ2) is 18.6. The molecule has 4 aromatic heterocycles. The number of nitrogens with zero attached hydrogens (tertiary/aromatic N) is 4. The normalized spacial score (nSPS) is 19.3. The van der Waals surface area contributed by atoms with Crippen LogP contribution in [0.2, 0.25) is 0 Å². The van der Waals surface area contributed by atoms with Crippen LogP contribution in [0.15, 0.2) is 132 Å². The Labute approximate surface area is 413 Å². The van der Waals surface area contributed by atoms with Gasteiger partial charge in [0.25, 0.3) is 0 Å². The van der Waals surface area contributed by atoms with Gasteiger partial charge in [-0.3, -0.25) is 0 Å². The second-order valence-electron chi connectivity index (χ2n) is 13.5. The molecule has 0 amide bonds. The minimum atomic E-state index is -3.71. The third-order valence-electron chi connectivity index (χ3n) is 9.53. The molecule has 0 atom stereocenters. The van der Waals surface area contributed by atoms with Crippen molar-refractivity contribution >= 4 is 21.9 Å². The van der Waals surface area contributed by atoms with E-state index in [1.54, 1.807) is 30.3 Å². The molecule has 0 saturated carbocycles. The van der Waals surface area contributed by atoms with Gasteiger partial charge < -0.3 is 19.4 Å². The van der Waals surface area contributed by atoms with E-state index in [1.807, 2.05) is 0 Å². The molecule has 9 rings (SSSR count). The fourth-order valence-electron chi connectivity index (χ4n) is 6.48. The number of aryl methyl sites for hydroxylation is 10. The number of benzene rings is 5. The van der Waals surface area contributed by atoms with Gasteiger partial charge in [-0.25, -0.2) is 0 Å². The Hall–Kier alpha value is -6.51. The van der Waals surface area contributed by atoms with Crippen LogP contribution in [0.5, 0.6) is 0 Å². The van der Waals surface area contributed by atoms with E-state index < -0.39 is 133 Å². The molecule has 0 aliphatic carbocycles. The van der Waals surface area contributed by atoms with Crippen LogP contribution in [-0.4, -0.2) is 15.0 Å². The number of hydrogen-bond acceptors (Lipinski definition) is 5. The fourth-order valence-corrected chi connectivity index (χ4v) is 6.48. The SMILES string of the molecule is [2H]c1cc2c(oc3c(-c4cc(C([2H])([2H])[2H])c(C([2H])([2H])C([2H])([2H])c5cc(C([2H])([2H])C([2H])([2H])c6cnc(-c7[c-]cccc7)cc6C([2H])([2H])[2H])cc(C([2H])([2H])C([2H])([2H])c6cnc(-c7[c-]cccc7)cc6C([2H])([2H])[2H])c5)cn4)[c-]ccc32)c(C([2H])([2H])[2H])c1C#N.[Ir+3]. The van der Waals surface area contributed by atoms with Crippen LogP contribution in [0, 0.1) is 56.9 Å². The van der Waals surface area contributed by atoms with Crippen LogP contribution < -0.4 is 0 Å². The van der Waals surface area contributed by atoms with Gasteiger partial charge in [0.2, 0.25) is 0 Å². The predicted octanol–water partition coefficient (Wildman–Crippen LogP) is 12.6. The van der Waals surface area contributed by atoms with E-state index >= 15 is 0 Å². The van der Waals surface area contributed by atoms with Crippen LogP contribution in [-0.2, 0) is 58.3 Å². The number of rotatable bonds is 12. The van der Waals surface area contributed by atoms with Crippen molar-refractivity contribution in [2.45, 2.75) is 65.6 Å². The third-order valence-corrected chi connectivity index (χ3v) is 9.53. The fraction of sp³-hybridized carbons (Fsp3) is 0.179. The van der Waals surface area contributed by atoms with Crippen molar-refractivity contribution < 1.29 is 58.8 Å². The van der Waals surface area contributed by atoms with Crippen LogP contribution in [0.25, 0.3) is 55.7 Å². The van der Waals surface area contributed by atoms with Crippen molar-refractivity contribution in [3.05, 3.63) is 207 Å². The third kappa shape index (κ3) is 8.93. The van der Waals surface area contributed by atoms with Gasteiger partial charge in [-0.15, -0.1) is 90.0 Å². The Morgan fingerprint density at radius 2 is 1.11 bits per heavy atom. The molecule has 0 aliphatic heterocycles. The van der Waals surface area contributed by atoms with Gasteiger partial charge in [0.1, 0.15) is 5.58 Å². The summed E-state index contributed by atoms with van der Waals surface area (Å²) in [4.78, 5) is 12.8. The summed E-state index contributed by atoms with van der Waals surface area (Å²) >= 11 is 0. The maximum atomic E-state index is 9.86. The number of hydrogen-bond donors (Lipinski definition) is 0. The standard InChI is InChI=1S/C56H45N4O.Ir/c1-36-26-52(43-12-7-5-8-13-43)58-33-46(36)21-18-40-29-41(19-22-47-34-59-53(27-37(47)2)44-14-9-6-10-15-44)31-42(30-40)20-23-48-35-60-54(28-38(48)3)51-17-11-16-49-50-25-24-45(32-57)39(4)55(50)61-56(49)51;/h5-12,14,16,24-31,33-35H,18-23H2,1-4H3;/q-3;+3/i1D3,2D3,3D3,4D3,18D2,19D2,20D2,21D2,22D2,23D2,24D;. The first-order chi connectivity index (χ1) is 39.6. The topological polar surface area (TPSA) is 75.6 Å². The Bertz CT molecular complexity index is 4020. The Morgan fingerprint density at radius 1 is 0.597 bits per heavy atom. The number of fused-ring (bicyclic) bond motifs is 3. The van der Waals surface area contributed by atoms with Crippen molar-refractivity contribution in [3.63, 3.8) is 0 Å². The number of pyridine rings is 3. The molecule has 0 saturated heterocycles. The van der Waals surface area contributed by atoms with E-state index in [1.165, 1.54) is 42.5 Å². The summed E-state index contributed by atoms with van der Waals surface area (Å²) in [6.45, 7) is -12.6. The van der Waals surface area contributed by atoms with E-state index in [2.05, 4.69) is 33.2 Å². The van der Waals surface area contributed by atoms with Crippen LogP contribution in [0.3, 0.4) is 0 Å². The van der Waals surface area contributed by atoms with Crippen LogP contribution in [0.1, 0.15) is 95.5 Å². The van der Waals surface area contributed by atoms with Crippen LogP contribution in [0.4, 0.5) is 0 Å². The van der Waals surface area contributed by atoms with Gasteiger partial charge in [-0.1, -0.05) is 70.1 Å². The van der Waals surface area contributed by atoms with Crippen molar-refractivity contribution in [3.8, 4) is 39.8 Å². The molecule has 5 nitrogen and oxygen atoms in total. The largest absolute Gasteiger partial charge is 3.00 e. The first-order valence-corrected chi connectivity index (χ1v) is 18.6. The average Bonchev–Trinajstić information content (AvgIpc) is 1.52. The molecule has 4 heterocycles. The molecule has 0 aliphatic rings. The van der Waals surface area contributed by atoms with E-state index in [0.29, 0.717) is 24.4 Å². The van der Waals surface area contributed by atoms with Crippen LogP contribution >= 0.6 is 0 Å². The summed E-state index contributed by atoms with van der Waals surface area (Å²) < 4.78 is 230. The van der Waals surface area contributed by atoms with Crippen molar-refractivity contribution in [2.24, 2.45) is 0 Å². The first kappa shape index (κ1) is 21.5. The molecule has 62 heavy (non-hydrogen) atoms. The minimum absolute atomic E-state index is 0. The summed E-state index contributed by atoms with van der Waals surface area (Å²) in [5, 5.41) is 10.1. The van der Waals surface area contributed by atoms with Gasteiger partial charge in [0, 0.05) is 62.4 Å². The maximum absolute atomic E-state index is 9.86. The van der Waals surface area contributed by atoms with Gasteiger partial charge in [-0.05, 0) is 122 Å². The molecule has 304 valence electrons. The Balaban J connectivity index is 0.00000982. The zero-order chi connectivity index (χ0) is 63.5. The number of furan rings is 1. The summed E-state index contributed by atoms with van der Waals surface area (Å²) in [5.41, 5.74) is -9.53. The Kier molecular flexibility index (Phi) is 6.47. The molecule has 0 fully saturated rings. The van der Waals surface area contributed by atoms with E-state index in [9.17, 15) is 21.7 Å². The quantitative estimate of drug-likeness (QED) is 0.114. The van der Waals surface area contributed by atoms with Gasteiger partial charge in [0.15, 0.2) is 0 Å².